The fourth-order valence-electron chi connectivity index (χ4n) is 1.87. The summed E-state index contributed by atoms with van der Waals surface area (Å²) < 4.78 is 0. The number of aromatic nitrogens is 3. The summed E-state index contributed by atoms with van der Waals surface area (Å²) in [6, 6.07) is 7.87. The molecule has 1 aromatic heterocycles. The van der Waals surface area contributed by atoms with Crippen LogP contribution in [0, 0.1) is 6.92 Å². The van der Waals surface area contributed by atoms with Gasteiger partial charge in [0.05, 0.1) is 0 Å². The van der Waals surface area contributed by atoms with Crippen molar-refractivity contribution < 1.29 is 0 Å². The second kappa shape index (κ2) is 5.65. The Bertz CT molecular complexity index is 600. The molecular formula is C14H18N4O. The van der Waals surface area contributed by atoms with Crippen molar-refractivity contribution in [2.24, 2.45) is 0 Å². The number of aryl methyl sites for hydroxylation is 1. The van der Waals surface area contributed by atoms with Crippen LogP contribution in [0.1, 0.15) is 19.4 Å². The van der Waals surface area contributed by atoms with Gasteiger partial charge >= 0.3 is 5.69 Å². The number of benzene rings is 1. The molecule has 19 heavy (non-hydrogen) atoms. The maximum atomic E-state index is 11.7. The van der Waals surface area contributed by atoms with Gasteiger partial charge in [0.15, 0.2) is 0 Å². The Morgan fingerprint density at radius 2 is 1.74 bits per heavy atom. The Morgan fingerprint density at radius 3 is 2.32 bits per heavy atom. The lowest BCUT2D eigenvalue weighted by Gasteiger charge is -2.18. The van der Waals surface area contributed by atoms with Crippen molar-refractivity contribution in [3.8, 4) is 11.4 Å². The molecule has 0 aliphatic heterocycles. The third kappa shape index (κ3) is 2.99. The fraction of sp³-hybridized carbons (Fsp3) is 0.357. The van der Waals surface area contributed by atoms with Gasteiger partial charge in [0.2, 0.25) is 5.95 Å². The molecule has 1 heterocycles. The molecule has 0 aliphatic carbocycles. The highest BCUT2D eigenvalue weighted by molar-refractivity contribution is 5.56. The van der Waals surface area contributed by atoms with Crippen molar-refractivity contribution >= 4 is 5.95 Å². The first kappa shape index (κ1) is 13.3. The predicted molar refractivity (Wildman–Crippen MR) is 76.4 cm³/mol. The number of aromatic amines is 1. The van der Waals surface area contributed by atoms with Gasteiger partial charge in [-0.15, -0.1) is 0 Å². The van der Waals surface area contributed by atoms with Gasteiger partial charge in [0.25, 0.3) is 0 Å². The van der Waals surface area contributed by atoms with E-state index in [0.29, 0.717) is 11.8 Å². The van der Waals surface area contributed by atoms with E-state index < -0.39 is 0 Å². The summed E-state index contributed by atoms with van der Waals surface area (Å²) in [7, 11) is 0. The summed E-state index contributed by atoms with van der Waals surface area (Å²) in [6.07, 6.45) is 0. The van der Waals surface area contributed by atoms with E-state index in [4.69, 9.17) is 0 Å². The van der Waals surface area contributed by atoms with E-state index in [2.05, 4.69) is 15.0 Å². The van der Waals surface area contributed by atoms with Gasteiger partial charge in [0, 0.05) is 18.7 Å². The van der Waals surface area contributed by atoms with Crippen LogP contribution in [0.4, 0.5) is 5.95 Å². The number of rotatable bonds is 4. The van der Waals surface area contributed by atoms with E-state index >= 15 is 0 Å². The van der Waals surface area contributed by atoms with Crippen LogP contribution >= 0.6 is 0 Å². The average Bonchev–Trinajstić information content (AvgIpc) is 2.40. The second-order valence-electron chi connectivity index (χ2n) is 4.34. The Kier molecular flexibility index (Phi) is 3.94. The molecule has 0 amide bonds. The Hall–Kier alpha value is -2.17. The van der Waals surface area contributed by atoms with Gasteiger partial charge in [-0.25, -0.2) is 4.79 Å². The number of nitrogens with zero attached hydrogens (tertiary/aromatic N) is 3. The quantitative estimate of drug-likeness (QED) is 0.911. The highest BCUT2D eigenvalue weighted by atomic mass is 16.1. The minimum Gasteiger partial charge on any atom is -0.341 e. The molecule has 2 rings (SSSR count). The summed E-state index contributed by atoms with van der Waals surface area (Å²) in [6.45, 7) is 7.59. The molecule has 1 aromatic carbocycles. The minimum atomic E-state index is -0.368. The predicted octanol–water partition coefficient (Wildman–Crippen LogP) is 1.99. The Morgan fingerprint density at radius 1 is 1.11 bits per heavy atom. The van der Waals surface area contributed by atoms with E-state index in [0.717, 1.165) is 18.7 Å². The molecule has 5 nitrogen and oxygen atoms in total. The lowest BCUT2D eigenvalue weighted by atomic mass is 10.1. The average molecular weight is 258 g/mol. The van der Waals surface area contributed by atoms with E-state index in [1.807, 2.05) is 49.9 Å². The zero-order valence-corrected chi connectivity index (χ0v) is 11.5. The standard InChI is InChI=1S/C14H18N4O/c1-4-18(5-2)13-15-12(16-14(19)17-13)11-8-6-10(3)7-9-11/h6-9H,4-5H2,1-3H3,(H,15,16,17,19). The molecular weight excluding hydrogens is 240 g/mol. The van der Waals surface area contributed by atoms with Crippen LogP contribution in [-0.2, 0) is 0 Å². The second-order valence-corrected chi connectivity index (χ2v) is 4.34. The van der Waals surface area contributed by atoms with Gasteiger partial charge in [-0.2, -0.15) is 9.97 Å². The molecule has 0 saturated heterocycles. The maximum Gasteiger partial charge on any atom is 0.349 e. The van der Waals surface area contributed by atoms with E-state index in [-0.39, 0.29) is 5.69 Å². The summed E-state index contributed by atoms with van der Waals surface area (Å²) >= 11 is 0. The molecule has 0 fully saturated rings. The molecule has 5 heteroatoms. The van der Waals surface area contributed by atoms with Crippen molar-refractivity contribution in [1.82, 2.24) is 15.0 Å². The van der Waals surface area contributed by atoms with Crippen LogP contribution in [0.15, 0.2) is 29.1 Å². The van der Waals surface area contributed by atoms with E-state index in [1.54, 1.807) is 0 Å². The molecule has 0 spiro atoms. The SMILES string of the molecule is CCN(CC)c1nc(-c2ccc(C)cc2)[nH]c(=O)n1. The van der Waals surface area contributed by atoms with Crippen molar-refractivity contribution in [1.29, 1.82) is 0 Å². The Labute approximate surface area is 112 Å². The number of nitrogens with one attached hydrogen (secondary N) is 1. The van der Waals surface area contributed by atoms with Gasteiger partial charge in [-0.1, -0.05) is 29.8 Å². The van der Waals surface area contributed by atoms with Crippen molar-refractivity contribution in [2.45, 2.75) is 20.8 Å². The van der Waals surface area contributed by atoms with Gasteiger partial charge in [-0.05, 0) is 20.8 Å². The Balaban J connectivity index is 2.47. The van der Waals surface area contributed by atoms with E-state index in [9.17, 15) is 4.79 Å². The summed E-state index contributed by atoms with van der Waals surface area (Å²) in [5.41, 5.74) is 1.69. The first-order chi connectivity index (χ1) is 9.13. The van der Waals surface area contributed by atoms with Crippen molar-refractivity contribution in [2.75, 3.05) is 18.0 Å². The molecule has 1 N–H and O–H groups in total. The van der Waals surface area contributed by atoms with Gasteiger partial charge < -0.3 is 4.90 Å². The molecule has 100 valence electrons. The minimum absolute atomic E-state index is 0.368. The van der Waals surface area contributed by atoms with Crippen LogP contribution < -0.4 is 10.6 Å². The lowest BCUT2D eigenvalue weighted by molar-refractivity contribution is 0.804. The largest absolute Gasteiger partial charge is 0.349 e. The maximum absolute atomic E-state index is 11.7. The smallest absolute Gasteiger partial charge is 0.341 e. The van der Waals surface area contributed by atoms with E-state index in [1.165, 1.54) is 5.56 Å². The third-order valence-corrected chi connectivity index (χ3v) is 3.01. The molecule has 0 saturated carbocycles. The number of hydrogen-bond donors (Lipinski definition) is 1. The summed E-state index contributed by atoms with van der Waals surface area (Å²) in [5, 5.41) is 0. The zero-order chi connectivity index (χ0) is 13.8. The molecule has 0 unspecified atom stereocenters. The first-order valence-corrected chi connectivity index (χ1v) is 6.44. The third-order valence-electron chi connectivity index (χ3n) is 3.01. The van der Waals surface area contributed by atoms with Crippen molar-refractivity contribution in [3.05, 3.63) is 40.3 Å². The number of hydrogen-bond acceptors (Lipinski definition) is 4. The molecule has 0 bridgehead atoms. The van der Waals surface area contributed by atoms with Crippen LogP contribution in [0.3, 0.4) is 0 Å². The van der Waals surface area contributed by atoms with Crippen LogP contribution in [0.25, 0.3) is 11.4 Å². The lowest BCUT2D eigenvalue weighted by Crippen LogP contribution is -2.28. The molecule has 2 aromatic rings. The topological polar surface area (TPSA) is 61.9 Å². The van der Waals surface area contributed by atoms with Gasteiger partial charge in [0.1, 0.15) is 5.82 Å². The summed E-state index contributed by atoms with van der Waals surface area (Å²) in [5.74, 6) is 1.03. The fourth-order valence-corrected chi connectivity index (χ4v) is 1.87. The highest BCUT2D eigenvalue weighted by Gasteiger charge is 2.09. The summed E-state index contributed by atoms with van der Waals surface area (Å²) in [4.78, 5) is 24.6. The highest BCUT2D eigenvalue weighted by Crippen LogP contribution is 2.16. The van der Waals surface area contributed by atoms with Crippen LogP contribution in [0.5, 0.6) is 0 Å². The normalized spacial score (nSPS) is 10.5. The molecule has 0 aliphatic rings. The monoisotopic (exact) mass is 258 g/mol. The first-order valence-electron chi connectivity index (χ1n) is 6.44. The van der Waals surface area contributed by atoms with Gasteiger partial charge in [-0.3, -0.25) is 4.98 Å². The molecule has 0 atom stereocenters. The number of anilines is 1. The van der Waals surface area contributed by atoms with Crippen LogP contribution in [-0.4, -0.2) is 28.0 Å². The van der Waals surface area contributed by atoms with Crippen molar-refractivity contribution in [3.63, 3.8) is 0 Å². The molecule has 0 radical (unpaired) electrons. The zero-order valence-electron chi connectivity index (χ0n) is 11.5. The van der Waals surface area contributed by atoms with Crippen LogP contribution in [0.2, 0.25) is 0 Å². The number of H-pyrrole nitrogens is 1.